The predicted octanol–water partition coefficient (Wildman–Crippen LogP) is 2.28. The molecule has 1 rings (SSSR count). The smallest absolute Gasteiger partial charge is 0.407 e. The highest BCUT2D eigenvalue weighted by Crippen LogP contribution is 2.00. The largest absolute Gasteiger partial charge is 0.445 e. The van der Waals surface area contributed by atoms with Gasteiger partial charge in [0.15, 0.2) is 0 Å². The van der Waals surface area contributed by atoms with Crippen molar-refractivity contribution in [2.45, 2.75) is 26.4 Å². The van der Waals surface area contributed by atoms with E-state index in [0.717, 1.165) is 5.56 Å². The maximum atomic E-state index is 11.2. The Morgan fingerprint density at radius 2 is 1.94 bits per heavy atom. The van der Waals surface area contributed by atoms with Gasteiger partial charge in [0.05, 0.1) is 0 Å². The van der Waals surface area contributed by atoms with Crippen LogP contribution in [0, 0.1) is 0 Å². The van der Waals surface area contributed by atoms with Gasteiger partial charge in [-0.15, -0.1) is 0 Å². The lowest BCUT2D eigenvalue weighted by molar-refractivity contribution is -0.117. The van der Waals surface area contributed by atoms with E-state index < -0.39 is 6.09 Å². The maximum absolute atomic E-state index is 11.2. The SMILES string of the molecule is CC(=O)CCCNC(=O)OCc1ccccc1. The molecule has 0 bridgehead atoms. The quantitative estimate of drug-likeness (QED) is 0.769. The van der Waals surface area contributed by atoms with E-state index in [2.05, 4.69) is 5.32 Å². The molecule has 4 heteroatoms. The van der Waals surface area contributed by atoms with Crippen LogP contribution >= 0.6 is 0 Å². The summed E-state index contributed by atoms with van der Waals surface area (Å²) in [5.41, 5.74) is 0.950. The van der Waals surface area contributed by atoms with Crippen molar-refractivity contribution in [2.75, 3.05) is 6.54 Å². The average molecular weight is 235 g/mol. The number of benzene rings is 1. The van der Waals surface area contributed by atoms with Crippen LogP contribution in [0.3, 0.4) is 0 Å². The van der Waals surface area contributed by atoms with Crippen LogP contribution in [0.2, 0.25) is 0 Å². The molecule has 17 heavy (non-hydrogen) atoms. The van der Waals surface area contributed by atoms with Crippen LogP contribution in [-0.2, 0) is 16.1 Å². The third-order valence-electron chi connectivity index (χ3n) is 2.19. The molecule has 0 atom stereocenters. The van der Waals surface area contributed by atoms with Crippen molar-refractivity contribution in [3.8, 4) is 0 Å². The molecule has 0 aromatic heterocycles. The van der Waals surface area contributed by atoms with Crippen molar-refractivity contribution < 1.29 is 14.3 Å². The van der Waals surface area contributed by atoms with Crippen LogP contribution < -0.4 is 5.32 Å². The molecule has 0 saturated carbocycles. The van der Waals surface area contributed by atoms with Gasteiger partial charge in [-0.05, 0) is 18.9 Å². The third-order valence-corrected chi connectivity index (χ3v) is 2.19. The van der Waals surface area contributed by atoms with E-state index in [9.17, 15) is 9.59 Å². The van der Waals surface area contributed by atoms with E-state index in [1.165, 1.54) is 6.92 Å². The topological polar surface area (TPSA) is 55.4 Å². The fourth-order valence-electron chi connectivity index (χ4n) is 1.30. The van der Waals surface area contributed by atoms with Crippen molar-refractivity contribution in [2.24, 2.45) is 0 Å². The van der Waals surface area contributed by atoms with Crippen LogP contribution in [-0.4, -0.2) is 18.4 Å². The van der Waals surface area contributed by atoms with Gasteiger partial charge in [0, 0.05) is 13.0 Å². The highest BCUT2D eigenvalue weighted by Gasteiger charge is 2.01. The van der Waals surface area contributed by atoms with Gasteiger partial charge in [0.2, 0.25) is 0 Å². The highest BCUT2D eigenvalue weighted by atomic mass is 16.5. The number of hydrogen-bond donors (Lipinski definition) is 1. The number of carbonyl (C=O) groups excluding carboxylic acids is 2. The Balaban J connectivity index is 2.11. The zero-order valence-corrected chi connectivity index (χ0v) is 9.94. The molecule has 0 heterocycles. The van der Waals surface area contributed by atoms with E-state index in [0.29, 0.717) is 19.4 Å². The predicted molar refractivity (Wildman–Crippen MR) is 64.5 cm³/mol. The van der Waals surface area contributed by atoms with Gasteiger partial charge < -0.3 is 14.8 Å². The number of Topliss-reactive ketones (excluding diaryl/α,β-unsaturated/α-hetero) is 1. The Morgan fingerprint density at radius 1 is 1.24 bits per heavy atom. The van der Waals surface area contributed by atoms with Crippen molar-refractivity contribution in [1.82, 2.24) is 5.32 Å². The molecule has 1 aromatic carbocycles. The Bertz CT molecular complexity index is 362. The standard InChI is InChI=1S/C13H17NO3/c1-11(15)6-5-9-14-13(16)17-10-12-7-3-2-4-8-12/h2-4,7-8H,5-6,9-10H2,1H3,(H,14,16). The summed E-state index contributed by atoms with van der Waals surface area (Å²) in [6.07, 6.45) is 0.687. The fraction of sp³-hybridized carbons (Fsp3) is 0.385. The number of nitrogens with one attached hydrogen (secondary N) is 1. The minimum Gasteiger partial charge on any atom is -0.445 e. The van der Waals surface area contributed by atoms with Gasteiger partial charge >= 0.3 is 6.09 Å². The van der Waals surface area contributed by atoms with Crippen LogP contribution in [0.4, 0.5) is 4.79 Å². The molecule has 0 aliphatic carbocycles. The van der Waals surface area contributed by atoms with Crippen LogP contribution in [0.25, 0.3) is 0 Å². The molecule has 1 aromatic rings. The number of ether oxygens (including phenoxy) is 1. The lowest BCUT2D eigenvalue weighted by atomic mass is 10.2. The van der Waals surface area contributed by atoms with Crippen molar-refractivity contribution in [1.29, 1.82) is 0 Å². The van der Waals surface area contributed by atoms with Crippen molar-refractivity contribution in [3.63, 3.8) is 0 Å². The summed E-state index contributed by atoms with van der Waals surface area (Å²) in [5, 5.41) is 2.59. The Hall–Kier alpha value is -1.84. The molecule has 0 aliphatic rings. The molecular formula is C13H17NO3. The van der Waals surface area contributed by atoms with Crippen molar-refractivity contribution in [3.05, 3.63) is 35.9 Å². The molecule has 1 amide bonds. The Kier molecular flexibility index (Phi) is 5.79. The minimum absolute atomic E-state index is 0.129. The maximum Gasteiger partial charge on any atom is 0.407 e. The summed E-state index contributed by atoms with van der Waals surface area (Å²) < 4.78 is 5.00. The number of alkyl carbamates (subject to hydrolysis) is 1. The fourth-order valence-corrected chi connectivity index (χ4v) is 1.30. The van der Waals surface area contributed by atoms with E-state index in [4.69, 9.17) is 4.74 Å². The summed E-state index contributed by atoms with van der Waals surface area (Å²) >= 11 is 0. The van der Waals surface area contributed by atoms with Gasteiger partial charge in [0.1, 0.15) is 12.4 Å². The van der Waals surface area contributed by atoms with Gasteiger partial charge in [-0.2, -0.15) is 0 Å². The zero-order chi connectivity index (χ0) is 12.5. The molecular weight excluding hydrogens is 218 g/mol. The lowest BCUT2D eigenvalue weighted by Crippen LogP contribution is -2.25. The summed E-state index contributed by atoms with van der Waals surface area (Å²) in [7, 11) is 0. The second kappa shape index (κ2) is 7.44. The third kappa shape index (κ3) is 6.35. The second-order valence-electron chi connectivity index (χ2n) is 3.79. The van der Waals surface area contributed by atoms with E-state index >= 15 is 0 Å². The molecule has 0 saturated heterocycles. The highest BCUT2D eigenvalue weighted by molar-refractivity contribution is 5.75. The molecule has 0 radical (unpaired) electrons. The molecule has 4 nitrogen and oxygen atoms in total. The van der Waals surface area contributed by atoms with Crippen LogP contribution in [0.5, 0.6) is 0 Å². The van der Waals surface area contributed by atoms with E-state index in [1.54, 1.807) is 0 Å². The Morgan fingerprint density at radius 3 is 2.59 bits per heavy atom. The zero-order valence-electron chi connectivity index (χ0n) is 9.94. The summed E-state index contributed by atoms with van der Waals surface area (Å²) in [4.78, 5) is 21.9. The van der Waals surface area contributed by atoms with Crippen LogP contribution in [0.1, 0.15) is 25.3 Å². The first-order valence-electron chi connectivity index (χ1n) is 5.62. The molecule has 92 valence electrons. The molecule has 0 unspecified atom stereocenters. The molecule has 0 aliphatic heterocycles. The molecule has 0 fully saturated rings. The summed E-state index contributed by atoms with van der Waals surface area (Å²) in [6, 6.07) is 9.48. The number of rotatable bonds is 6. The summed E-state index contributed by atoms with van der Waals surface area (Å²) in [6.45, 7) is 2.26. The average Bonchev–Trinajstić information content (AvgIpc) is 2.33. The first-order valence-corrected chi connectivity index (χ1v) is 5.62. The summed E-state index contributed by atoms with van der Waals surface area (Å²) in [5.74, 6) is 0.129. The number of ketones is 1. The van der Waals surface area contributed by atoms with Crippen molar-refractivity contribution >= 4 is 11.9 Å². The number of amides is 1. The molecule has 0 spiro atoms. The van der Waals surface area contributed by atoms with Gasteiger partial charge in [-0.25, -0.2) is 4.79 Å². The first-order chi connectivity index (χ1) is 8.18. The van der Waals surface area contributed by atoms with Gasteiger partial charge in [-0.1, -0.05) is 30.3 Å². The number of hydrogen-bond acceptors (Lipinski definition) is 3. The molecule has 1 N–H and O–H groups in total. The van der Waals surface area contributed by atoms with Crippen LogP contribution in [0.15, 0.2) is 30.3 Å². The van der Waals surface area contributed by atoms with E-state index in [1.807, 2.05) is 30.3 Å². The van der Waals surface area contributed by atoms with Gasteiger partial charge in [0.25, 0.3) is 0 Å². The number of carbonyl (C=O) groups is 2. The minimum atomic E-state index is -0.447. The lowest BCUT2D eigenvalue weighted by Gasteiger charge is -2.06. The second-order valence-corrected chi connectivity index (χ2v) is 3.79. The Labute approximate surface area is 101 Å². The first kappa shape index (κ1) is 13.2. The monoisotopic (exact) mass is 235 g/mol. The normalized spacial score (nSPS) is 9.71. The van der Waals surface area contributed by atoms with Gasteiger partial charge in [-0.3, -0.25) is 0 Å². The van der Waals surface area contributed by atoms with E-state index in [-0.39, 0.29) is 12.4 Å².